The Balaban J connectivity index is 1.65. The highest BCUT2D eigenvalue weighted by atomic mass is 16.2. The van der Waals surface area contributed by atoms with E-state index >= 15 is 0 Å². The molecule has 1 amide bonds. The summed E-state index contributed by atoms with van der Waals surface area (Å²) >= 11 is 0. The molecule has 1 atom stereocenters. The van der Waals surface area contributed by atoms with Crippen molar-refractivity contribution >= 4 is 11.6 Å². The Hall–Kier alpha value is -2.13. The van der Waals surface area contributed by atoms with Crippen LogP contribution < -0.4 is 5.32 Å². The second kappa shape index (κ2) is 6.97. The highest BCUT2D eigenvalue weighted by Crippen LogP contribution is 2.33. The van der Waals surface area contributed by atoms with Gasteiger partial charge in [-0.15, -0.1) is 0 Å². The highest BCUT2D eigenvalue weighted by Gasteiger charge is 2.24. The first kappa shape index (κ1) is 15.8. The molecule has 0 fully saturated rings. The molecule has 0 unspecified atom stereocenters. The van der Waals surface area contributed by atoms with Gasteiger partial charge in [-0.1, -0.05) is 36.4 Å². The molecule has 120 valence electrons. The summed E-state index contributed by atoms with van der Waals surface area (Å²) in [6.45, 7) is 2.44. The second-order valence-electron chi connectivity index (χ2n) is 6.44. The first-order valence-corrected chi connectivity index (χ1v) is 8.28. The number of rotatable bonds is 4. The summed E-state index contributed by atoms with van der Waals surface area (Å²) in [7, 11) is 2.04. The predicted molar refractivity (Wildman–Crippen MR) is 94.6 cm³/mol. The van der Waals surface area contributed by atoms with Gasteiger partial charge in [0.05, 0.1) is 6.54 Å². The fourth-order valence-electron chi connectivity index (χ4n) is 3.45. The molecule has 0 saturated carbocycles. The number of amides is 1. The molecular weight excluding hydrogens is 284 g/mol. The van der Waals surface area contributed by atoms with Crippen LogP contribution in [0.15, 0.2) is 48.5 Å². The topological polar surface area (TPSA) is 32.3 Å². The number of hydrogen-bond acceptors (Lipinski definition) is 2. The van der Waals surface area contributed by atoms with Gasteiger partial charge in [0, 0.05) is 11.7 Å². The van der Waals surface area contributed by atoms with Crippen molar-refractivity contribution in [1.29, 1.82) is 0 Å². The van der Waals surface area contributed by atoms with Crippen LogP contribution in [-0.2, 0) is 11.2 Å². The number of nitrogens with one attached hydrogen (secondary N) is 1. The first-order chi connectivity index (χ1) is 11.1. The molecule has 3 rings (SSSR count). The van der Waals surface area contributed by atoms with Crippen LogP contribution in [0.4, 0.5) is 5.69 Å². The maximum Gasteiger partial charge on any atom is 0.238 e. The zero-order valence-electron chi connectivity index (χ0n) is 13.9. The molecular formula is C20H24N2O. The molecule has 0 aliphatic heterocycles. The minimum absolute atomic E-state index is 0.0427. The van der Waals surface area contributed by atoms with Crippen LogP contribution in [0.3, 0.4) is 0 Å². The second-order valence-corrected chi connectivity index (χ2v) is 6.44. The van der Waals surface area contributed by atoms with Gasteiger partial charge in [-0.25, -0.2) is 0 Å². The summed E-state index contributed by atoms with van der Waals surface area (Å²) in [6, 6.07) is 16.9. The van der Waals surface area contributed by atoms with Crippen LogP contribution in [0.2, 0.25) is 0 Å². The van der Waals surface area contributed by atoms with Crippen LogP contribution >= 0.6 is 0 Å². The van der Waals surface area contributed by atoms with Crippen molar-refractivity contribution in [2.45, 2.75) is 32.2 Å². The van der Waals surface area contributed by atoms with Gasteiger partial charge in [0.15, 0.2) is 0 Å². The monoisotopic (exact) mass is 308 g/mol. The predicted octanol–water partition coefficient (Wildman–Crippen LogP) is 3.94. The van der Waals surface area contributed by atoms with Crippen molar-refractivity contribution in [3.05, 3.63) is 65.2 Å². The Morgan fingerprint density at radius 2 is 2.04 bits per heavy atom. The van der Waals surface area contributed by atoms with E-state index in [0.29, 0.717) is 12.6 Å². The third-order valence-corrected chi connectivity index (χ3v) is 4.56. The van der Waals surface area contributed by atoms with Gasteiger partial charge < -0.3 is 5.32 Å². The molecule has 0 radical (unpaired) electrons. The van der Waals surface area contributed by atoms with Gasteiger partial charge in [0.1, 0.15) is 0 Å². The summed E-state index contributed by atoms with van der Waals surface area (Å²) in [4.78, 5) is 14.5. The van der Waals surface area contributed by atoms with Crippen LogP contribution in [0, 0.1) is 6.92 Å². The van der Waals surface area contributed by atoms with E-state index in [1.807, 2.05) is 38.2 Å². The minimum Gasteiger partial charge on any atom is -0.325 e. The zero-order valence-corrected chi connectivity index (χ0v) is 13.9. The van der Waals surface area contributed by atoms with Gasteiger partial charge in [-0.2, -0.15) is 0 Å². The summed E-state index contributed by atoms with van der Waals surface area (Å²) in [5, 5.41) is 3.00. The smallest absolute Gasteiger partial charge is 0.238 e. The lowest BCUT2D eigenvalue weighted by atomic mass is 9.87. The maximum atomic E-state index is 12.3. The highest BCUT2D eigenvalue weighted by molar-refractivity contribution is 5.92. The van der Waals surface area contributed by atoms with Crippen LogP contribution in [0.5, 0.6) is 0 Å². The van der Waals surface area contributed by atoms with Gasteiger partial charge >= 0.3 is 0 Å². The van der Waals surface area contributed by atoms with Gasteiger partial charge in [-0.05, 0) is 62.1 Å². The van der Waals surface area contributed by atoms with Crippen molar-refractivity contribution in [3.63, 3.8) is 0 Å². The van der Waals surface area contributed by atoms with E-state index in [4.69, 9.17) is 0 Å². The Morgan fingerprint density at radius 1 is 1.22 bits per heavy atom. The molecule has 2 aromatic carbocycles. The Bertz CT molecular complexity index is 696. The largest absolute Gasteiger partial charge is 0.325 e. The SMILES string of the molecule is Cc1cccc(NC(=O)CN(C)[C@@H]2CCCc3ccccc32)c1. The number of nitrogens with zero attached hydrogens (tertiary/aromatic N) is 1. The molecule has 2 aromatic rings. The number of carbonyl (C=O) groups excluding carboxylic acids is 1. The Kier molecular flexibility index (Phi) is 4.77. The molecule has 1 aliphatic carbocycles. The van der Waals surface area contributed by atoms with Crippen molar-refractivity contribution in [2.75, 3.05) is 18.9 Å². The fraction of sp³-hybridized carbons (Fsp3) is 0.350. The number of hydrogen-bond donors (Lipinski definition) is 1. The number of likely N-dealkylation sites (N-methyl/N-ethyl adjacent to an activating group) is 1. The lowest BCUT2D eigenvalue weighted by molar-refractivity contribution is -0.117. The number of aryl methyl sites for hydroxylation is 2. The van der Waals surface area contributed by atoms with E-state index in [-0.39, 0.29) is 5.91 Å². The molecule has 0 spiro atoms. The fourth-order valence-corrected chi connectivity index (χ4v) is 3.45. The number of fused-ring (bicyclic) bond motifs is 1. The molecule has 0 saturated heterocycles. The molecule has 0 bridgehead atoms. The molecule has 3 nitrogen and oxygen atoms in total. The molecule has 0 aromatic heterocycles. The van der Waals surface area contributed by atoms with E-state index < -0.39 is 0 Å². The average Bonchev–Trinajstić information content (AvgIpc) is 2.54. The number of benzene rings is 2. The van der Waals surface area contributed by atoms with E-state index in [0.717, 1.165) is 24.1 Å². The van der Waals surface area contributed by atoms with E-state index in [1.54, 1.807) is 0 Å². The normalized spacial score (nSPS) is 16.9. The molecule has 3 heteroatoms. The third-order valence-electron chi connectivity index (χ3n) is 4.56. The van der Waals surface area contributed by atoms with Gasteiger partial charge in [0.2, 0.25) is 5.91 Å². The zero-order chi connectivity index (χ0) is 16.2. The average molecular weight is 308 g/mol. The molecule has 23 heavy (non-hydrogen) atoms. The summed E-state index contributed by atoms with van der Waals surface area (Å²) in [6.07, 6.45) is 3.45. The first-order valence-electron chi connectivity index (χ1n) is 8.28. The van der Waals surface area contributed by atoms with Crippen molar-refractivity contribution in [1.82, 2.24) is 4.90 Å². The molecule has 1 aliphatic rings. The van der Waals surface area contributed by atoms with Crippen LogP contribution in [0.25, 0.3) is 0 Å². The van der Waals surface area contributed by atoms with Gasteiger partial charge in [0.25, 0.3) is 0 Å². The maximum absolute atomic E-state index is 12.3. The van der Waals surface area contributed by atoms with E-state index in [1.165, 1.54) is 17.5 Å². The van der Waals surface area contributed by atoms with Gasteiger partial charge in [-0.3, -0.25) is 9.69 Å². The van der Waals surface area contributed by atoms with Crippen LogP contribution in [0.1, 0.15) is 35.6 Å². The third kappa shape index (κ3) is 3.80. The lowest BCUT2D eigenvalue weighted by Crippen LogP contribution is -2.34. The Labute approximate surface area is 138 Å². The summed E-state index contributed by atoms with van der Waals surface area (Å²) < 4.78 is 0. The lowest BCUT2D eigenvalue weighted by Gasteiger charge is -2.32. The van der Waals surface area contributed by atoms with Crippen molar-refractivity contribution in [3.8, 4) is 0 Å². The molecule has 0 heterocycles. The van der Waals surface area contributed by atoms with Crippen molar-refractivity contribution in [2.24, 2.45) is 0 Å². The Morgan fingerprint density at radius 3 is 2.87 bits per heavy atom. The van der Waals surface area contributed by atoms with Crippen LogP contribution in [-0.4, -0.2) is 24.4 Å². The minimum atomic E-state index is 0.0427. The standard InChI is InChI=1S/C20H24N2O/c1-15-7-5-10-17(13-15)21-20(23)14-22(2)19-12-6-9-16-8-3-4-11-18(16)19/h3-5,7-8,10-11,13,19H,6,9,12,14H2,1-2H3,(H,21,23)/t19-/m1/s1. The van der Waals surface area contributed by atoms with E-state index in [9.17, 15) is 4.79 Å². The molecule has 1 N–H and O–H groups in total. The van der Waals surface area contributed by atoms with E-state index in [2.05, 4.69) is 34.5 Å². The number of anilines is 1. The summed E-state index contributed by atoms with van der Waals surface area (Å²) in [5.41, 5.74) is 4.82. The quantitative estimate of drug-likeness (QED) is 0.928. The van der Waals surface area contributed by atoms with Crippen molar-refractivity contribution < 1.29 is 4.79 Å². The summed E-state index contributed by atoms with van der Waals surface area (Å²) in [5.74, 6) is 0.0427. The number of carbonyl (C=O) groups is 1.